The van der Waals surface area contributed by atoms with Gasteiger partial charge >= 0.3 is 5.97 Å². The molecule has 5 heteroatoms. The molecule has 1 amide bonds. The number of carboxylic acids is 1. The molecule has 1 fully saturated rings. The lowest BCUT2D eigenvalue weighted by Gasteiger charge is -2.35. The first-order valence-electron chi connectivity index (χ1n) is 7.56. The number of nitrogens with zero attached hydrogens (tertiary/aromatic N) is 1. The van der Waals surface area contributed by atoms with Crippen molar-refractivity contribution < 1.29 is 19.4 Å². The van der Waals surface area contributed by atoms with E-state index in [4.69, 9.17) is 9.84 Å². The molecule has 120 valence electrons. The van der Waals surface area contributed by atoms with E-state index in [1.165, 1.54) is 0 Å². The molecule has 2 atom stereocenters. The maximum absolute atomic E-state index is 12.5. The van der Waals surface area contributed by atoms with Crippen molar-refractivity contribution in [3.63, 3.8) is 0 Å². The predicted octanol–water partition coefficient (Wildman–Crippen LogP) is 2.12. The van der Waals surface area contributed by atoms with Gasteiger partial charge in [-0.25, -0.2) is 0 Å². The number of carbonyl (C=O) groups is 2. The van der Waals surface area contributed by atoms with Crippen molar-refractivity contribution in [2.24, 2.45) is 11.8 Å². The maximum atomic E-state index is 12.5. The maximum Gasteiger partial charge on any atom is 0.306 e. The molecule has 1 N–H and O–H groups in total. The summed E-state index contributed by atoms with van der Waals surface area (Å²) in [6.07, 6.45) is 0.808. The number of hydrogen-bond donors (Lipinski definition) is 1. The minimum atomic E-state index is -0.764. The van der Waals surface area contributed by atoms with Crippen LogP contribution in [0.4, 0.5) is 0 Å². The summed E-state index contributed by atoms with van der Waals surface area (Å²) < 4.78 is 5.31. The van der Waals surface area contributed by atoms with Crippen LogP contribution in [0.15, 0.2) is 18.2 Å². The van der Waals surface area contributed by atoms with E-state index >= 15 is 0 Å². The van der Waals surface area contributed by atoms with Gasteiger partial charge in [-0.05, 0) is 25.3 Å². The van der Waals surface area contributed by atoms with Gasteiger partial charge in [-0.15, -0.1) is 0 Å². The highest BCUT2D eigenvalue weighted by atomic mass is 16.5. The Balaban J connectivity index is 2.04. The lowest BCUT2D eigenvalue weighted by molar-refractivity contribution is -0.148. The third kappa shape index (κ3) is 3.59. The first kappa shape index (κ1) is 16.3. The molecule has 1 aromatic rings. The summed E-state index contributed by atoms with van der Waals surface area (Å²) in [6, 6.07) is 5.79. The molecule has 2 rings (SSSR count). The van der Waals surface area contributed by atoms with E-state index < -0.39 is 5.97 Å². The number of hydrogen-bond acceptors (Lipinski definition) is 3. The molecule has 0 unspecified atom stereocenters. The number of likely N-dealkylation sites (tertiary alicyclic amines) is 1. The Kier molecular flexibility index (Phi) is 5.06. The Bertz CT molecular complexity index is 570. The molecule has 1 heterocycles. The van der Waals surface area contributed by atoms with Crippen molar-refractivity contribution in [1.82, 2.24) is 4.90 Å². The number of aliphatic carboxylic acids is 1. The van der Waals surface area contributed by atoms with Crippen molar-refractivity contribution in [2.45, 2.75) is 26.7 Å². The Morgan fingerprint density at radius 2 is 2.14 bits per heavy atom. The fourth-order valence-corrected chi connectivity index (χ4v) is 3.06. The van der Waals surface area contributed by atoms with Crippen LogP contribution in [0.5, 0.6) is 5.75 Å². The first-order chi connectivity index (χ1) is 10.4. The molecule has 5 nitrogen and oxygen atoms in total. The molecular formula is C17H23NO4. The number of carbonyl (C=O) groups excluding carboxylic acids is 1. The van der Waals surface area contributed by atoms with Crippen LogP contribution in [-0.2, 0) is 16.0 Å². The van der Waals surface area contributed by atoms with Gasteiger partial charge in [0.2, 0.25) is 5.91 Å². The van der Waals surface area contributed by atoms with Gasteiger partial charge in [0.1, 0.15) is 5.75 Å². The van der Waals surface area contributed by atoms with E-state index in [0.717, 1.165) is 11.1 Å². The van der Waals surface area contributed by atoms with E-state index in [1.807, 2.05) is 32.0 Å². The molecule has 0 bridgehead atoms. The van der Waals surface area contributed by atoms with E-state index in [-0.39, 0.29) is 24.2 Å². The van der Waals surface area contributed by atoms with Gasteiger partial charge < -0.3 is 14.7 Å². The second kappa shape index (κ2) is 6.81. The summed E-state index contributed by atoms with van der Waals surface area (Å²) in [7, 11) is 1.60. The number of amides is 1. The number of aryl methyl sites for hydroxylation is 1. The largest absolute Gasteiger partial charge is 0.496 e. The normalized spacial score (nSPS) is 21.5. The SMILES string of the molecule is COc1ccc(C)cc1CC(=O)N1CC[C@H](C(=O)O)[C@H](C)C1. The molecule has 1 aliphatic rings. The second-order valence-corrected chi connectivity index (χ2v) is 6.04. The van der Waals surface area contributed by atoms with Crippen LogP contribution < -0.4 is 4.74 Å². The topological polar surface area (TPSA) is 66.8 Å². The van der Waals surface area contributed by atoms with Crippen LogP contribution in [0.1, 0.15) is 24.5 Å². The fraction of sp³-hybridized carbons (Fsp3) is 0.529. The van der Waals surface area contributed by atoms with Crippen molar-refractivity contribution in [3.05, 3.63) is 29.3 Å². The molecule has 1 saturated heterocycles. The molecule has 22 heavy (non-hydrogen) atoms. The lowest BCUT2D eigenvalue weighted by Crippen LogP contribution is -2.45. The quantitative estimate of drug-likeness (QED) is 0.925. The van der Waals surface area contributed by atoms with E-state index in [1.54, 1.807) is 12.0 Å². The summed E-state index contributed by atoms with van der Waals surface area (Å²) in [5.41, 5.74) is 1.96. The highest BCUT2D eigenvalue weighted by molar-refractivity contribution is 5.80. The Labute approximate surface area is 130 Å². The molecule has 0 aromatic heterocycles. The summed E-state index contributed by atoms with van der Waals surface area (Å²) >= 11 is 0. The van der Waals surface area contributed by atoms with Crippen LogP contribution in [0.25, 0.3) is 0 Å². The zero-order valence-corrected chi connectivity index (χ0v) is 13.3. The molecule has 1 aromatic carbocycles. The molecule has 0 aliphatic carbocycles. The van der Waals surface area contributed by atoms with Gasteiger partial charge in [-0.3, -0.25) is 9.59 Å². The molecule has 0 spiro atoms. The van der Waals surface area contributed by atoms with E-state index in [2.05, 4.69) is 0 Å². The number of rotatable bonds is 4. The first-order valence-corrected chi connectivity index (χ1v) is 7.56. The zero-order valence-electron chi connectivity index (χ0n) is 13.3. The van der Waals surface area contributed by atoms with Gasteiger partial charge in [-0.2, -0.15) is 0 Å². The predicted molar refractivity (Wildman–Crippen MR) is 82.9 cm³/mol. The average molecular weight is 305 g/mol. The fourth-order valence-electron chi connectivity index (χ4n) is 3.06. The second-order valence-electron chi connectivity index (χ2n) is 6.04. The van der Waals surface area contributed by atoms with Crippen LogP contribution in [0, 0.1) is 18.8 Å². The Morgan fingerprint density at radius 1 is 1.41 bits per heavy atom. The highest BCUT2D eigenvalue weighted by Crippen LogP contribution is 2.25. The third-order valence-electron chi connectivity index (χ3n) is 4.35. The Hall–Kier alpha value is -2.04. The summed E-state index contributed by atoms with van der Waals surface area (Å²) in [5.74, 6) is -0.390. The van der Waals surface area contributed by atoms with Crippen molar-refractivity contribution in [2.75, 3.05) is 20.2 Å². The molecular weight excluding hydrogens is 282 g/mol. The van der Waals surface area contributed by atoms with Gasteiger partial charge in [0.05, 0.1) is 19.4 Å². The van der Waals surface area contributed by atoms with Crippen molar-refractivity contribution in [1.29, 1.82) is 0 Å². The minimum Gasteiger partial charge on any atom is -0.496 e. The average Bonchev–Trinajstić information content (AvgIpc) is 2.47. The van der Waals surface area contributed by atoms with Gasteiger partial charge in [0, 0.05) is 18.7 Å². The van der Waals surface area contributed by atoms with Crippen LogP contribution >= 0.6 is 0 Å². The smallest absolute Gasteiger partial charge is 0.306 e. The highest BCUT2D eigenvalue weighted by Gasteiger charge is 2.33. The standard InChI is InChI=1S/C17H23NO4/c1-11-4-5-15(22-3)13(8-11)9-16(19)18-7-6-14(17(20)21)12(2)10-18/h4-5,8,12,14H,6-7,9-10H2,1-3H3,(H,20,21)/t12-,14+/m1/s1. The number of piperidine rings is 1. The zero-order chi connectivity index (χ0) is 16.3. The summed E-state index contributed by atoms with van der Waals surface area (Å²) in [4.78, 5) is 25.4. The molecule has 1 aliphatic heterocycles. The Morgan fingerprint density at radius 3 is 2.73 bits per heavy atom. The monoisotopic (exact) mass is 305 g/mol. The number of carboxylic acid groups (broad SMARTS) is 1. The number of benzene rings is 1. The molecule has 0 radical (unpaired) electrons. The lowest BCUT2D eigenvalue weighted by atomic mass is 9.87. The number of ether oxygens (including phenoxy) is 1. The van der Waals surface area contributed by atoms with Crippen LogP contribution in [0.3, 0.4) is 0 Å². The van der Waals surface area contributed by atoms with Crippen LogP contribution in [0.2, 0.25) is 0 Å². The van der Waals surface area contributed by atoms with Crippen LogP contribution in [-0.4, -0.2) is 42.1 Å². The van der Waals surface area contributed by atoms with E-state index in [0.29, 0.717) is 25.3 Å². The van der Waals surface area contributed by atoms with Gasteiger partial charge in [0.25, 0.3) is 0 Å². The van der Waals surface area contributed by atoms with Crippen molar-refractivity contribution >= 4 is 11.9 Å². The summed E-state index contributed by atoms with van der Waals surface area (Å²) in [6.45, 7) is 4.89. The number of methoxy groups -OCH3 is 1. The van der Waals surface area contributed by atoms with E-state index in [9.17, 15) is 9.59 Å². The van der Waals surface area contributed by atoms with Crippen molar-refractivity contribution in [3.8, 4) is 5.75 Å². The minimum absolute atomic E-state index is 0.0189. The molecule has 0 saturated carbocycles. The van der Waals surface area contributed by atoms with Gasteiger partial charge in [-0.1, -0.05) is 24.6 Å². The summed E-state index contributed by atoms with van der Waals surface area (Å²) in [5, 5.41) is 9.15. The third-order valence-corrected chi connectivity index (χ3v) is 4.35. The van der Waals surface area contributed by atoms with Gasteiger partial charge in [0.15, 0.2) is 0 Å².